The number of carbonyl (C=O) groups excluding carboxylic acids is 2. The summed E-state index contributed by atoms with van der Waals surface area (Å²) in [6, 6.07) is 3.89. The van der Waals surface area contributed by atoms with E-state index in [2.05, 4.69) is 17.2 Å². The maximum Gasteiger partial charge on any atom is 0.356 e. The van der Waals surface area contributed by atoms with Crippen LogP contribution in [0.2, 0.25) is 0 Å². The van der Waals surface area contributed by atoms with Crippen LogP contribution >= 0.6 is 0 Å². The predicted octanol–water partition coefficient (Wildman–Crippen LogP) is -0.386. The molecule has 0 spiro atoms. The number of aromatic amines is 1. The number of aromatic nitrogens is 1. The lowest BCUT2D eigenvalue weighted by Crippen LogP contribution is -3.29. The largest absolute Gasteiger partial charge is 0.461 e. The molecule has 0 saturated carbocycles. The zero-order valence-corrected chi connectivity index (χ0v) is 16.7. The first-order valence-electron chi connectivity index (χ1n) is 9.91. The van der Waals surface area contributed by atoms with Crippen molar-refractivity contribution in [1.29, 1.82) is 0 Å². The number of halogens is 1. The van der Waals surface area contributed by atoms with Gasteiger partial charge in [0.15, 0.2) is 6.04 Å². The number of piperazine rings is 1. The van der Waals surface area contributed by atoms with Gasteiger partial charge in [0.05, 0.1) is 18.8 Å². The second-order valence-corrected chi connectivity index (χ2v) is 7.26. The average molecular weight is 392 g/mol. The molecule has 1 fully saturated rings. The van der Waals surface area contributed by atoms with Crippen molar-refractivity contribution in [3.05, 3.63) is 29.7 Å². The number of amides is 1. The van der Waals surface area contributed by atoms with Crippen molar-refractivity contribution in [3.8, 4) is 0 Å². The smallest absolute Gasteiger partial charge is 0.356 e. The second-order valence-electron chi connectivity index (χ2n) is 7.26. The van der Waals surface area contributed by atoms with Gasteiger partial charge in [0.25, 0.3) is 5.91 Å². The lowest BCUT2D eigenvalue weighted by atomic mass is 10.1. The minimum Gasteiger partial charge on any atom is -0.461 e. The number of carbonyl (C=O) groups is 2. The van der Waals surface area contributed by atoms with E-state index in [-0.39, 0.29) is 29.9 Å². The van der Waals surface area contributed by atoms with E-state index in [4.69, 9.17) is 4.74 Å². The van der Waals surface area contributed by atoms with E-state index >= 15 is 0 Å². The zero-order chi connectivity index (χ0) is 20.3. The molecule has 28 heavy (non-hydrogen) atoms. The molecule has 4 N–H and O–H groups in total. The first kappa shape index (κ1) is 20.3. The van der Waals surface area contributed by atoms with Crippen LogP contribution in [0.4, 0.5) is 10.1 Å². The monoisotopic (exact) mass is 392 g/mol. The number of anilines is 1. The Labute approximate surface area is 163 Å². The van der Waals surface area contributed by atoms with Crippen LogP contribution in [0.5, 0.6) is 0 Å². The van der Waals surface area contributed by atoms with Crippen LogP contribution in [-0.4, -0.2) is 62.2 Å². The van der Waals surface area contributed by atoms with Gasteiger partial charge in [0, 0.05) is 10.9 Å². The lowest BCUT2D eigenvalue weighted by Gasteiger charge is -2.32. The number of hydrogen-bond donors (Lipinski definition) is 4. The van der Waals surface area contributed by atoms with E-state index in [1.54, 1.807) is 17.9 Å². The molecule has 2 aromatic rings. The predicted molar refractivity (Wildman–Crippen MR) is 104 cm³/mol. The molecule has 1 aromatic heterocycles. The average Bonchev–Trinajstić information content (AvgIpc) is 3.05. The van der Waals surface area contributed by atoms with Gasteiger partial charge in [-0.25, -0.2) is 9.18 Å². The van der Waals surface area contributed by atoms with Gasteiger partial charge < -0.3 is 24.8 Å². The number of nitrogens with one attached hydrogen (secondary N) is 4. The molecular weight excluding hydrogens is 363 g/mol. The maximum absolute atomic E-state index is 13.8. The van der Waals surface area contributed by atoms with Crippen LogP contribution in [-0.2, 0) is 9.53 Å². The molecule has 0 aliphatic carbocycles. The van der Waals surface area contributed by atoms with E-state index in [9.17, 15) is 14.0 Å². The molecule has 3 rings (SSSR count). The van der Waals surface area contributed by atoms with Crippen molar-refractivity contribution in [3.63, 3.8) is 0 Å². The molecular formula is C20H29FN4O3+2. The molecule has 1 saturated heterocycles. The second kappa shape index (κ2) is 8.70. The summed E-state index contributed by atoms with van der Waals surface area (Å²) in [6.07, 6.45) is 0. The number of ether oxygens (including phenoxy) is 1. The van der Waals surface area contributed by atoms with Crippen LogP contribution < -0.4 is 15.1 Å². The fourth-order valence-corrected chi connectivity index (χ4v) is 3.78. The Bertz CT molecular complexity index is 858. The van der Waals surface area contributed by atoms with Crippen molar-refractivity contribution in [1.82, 2.24) is 4.98 Å². The van der Waals surface area contributed by atoms with Crippen LogP contribution in [0.15, 0.2) is 18.2 Å². The van der Waals surface area contributed by atoms with Gasteiger partial charge in [-0.05, 0) is 39.0 Å². The van der Waals surface area contributed by atoms with Crippen molar-refractivity contribution in [2.45, 2.75) is 26.8 Å². The van der Waals surface area contributed by atoms with Gasteiger partial charge in [-0.1, -0.05) is 0 Å². The molecule has 1 atom stereocenters. The van der Waals surface area contributed by atoms with Gasteiger partial charge in [-0.15, -0.1) is 0 Å². The molecule has 152 valence electrons. The molecule has 2 heterocycles. The van der Waals surface area contributed by atoms with Crippen molar-refractivity contribution in [2.24, 2.45) is 0 Å². The Morgan fingerprint density at radius 2 is 1.96 bits per heavy atom. The third-order valence-corrected chi connectivity index (χ3v) is 5.59. The molecule has 0 bridgehead atoms. The third kappa shape index (κ3) is 4.18. The highest BCUT2D eigenvalue weighted by molar-refractivity contribution is 6.11. The summed E-state index contributed by atoms with van der Waals surface area (Å²) < 4.78 is 18.9. The fraction of sp³-hybridized carbons (Fsp3) is 0.500. The summed E-state index contributed by atoms with van der Waals surface area (Å²) >= 11 is 0. The number of hydrogen-bond acceptors (Lipinski definition) is 3. The Morgan fingerprint density at radius 3 is 2.61 bits per heavy atom. The standard InChI is InChI=1S/C20H27FN4O3/c1-4-24-8-10-25(11-9-24)13(3)19(26)23-17-15-12-14(21)6-7-16(15)22-18(17)20(27)28-5-2/h6-7,12-13,22H,4-5,8-11H2,1-3H3,(H,23,26)/p+2/t13-/m1/s1. The Balaban J connectivity index is 1.83. The van der Waals surface area contributed by atoms with Crippen LogP contribution in [0, 0.1) is 5.82 Å². The summed E-state index contributed by atoms with van der Waals surface area (Å²) in [5.41, 5.74) is 0.986. The molecule has 1 amide bonds. The minimum absolute atomic E-state index is 0.137. The number of esters is 1. The molecule has 1 aliphatic rings. The first-order valence-corrected chi connectivity index (χ1v) is 9.91. The normalized spacial score (nSPS) is 20.7. The third-order valence-electron chi connectivity index (χ3n) is 5.59. The van der Waals surface area contributed by atoms with Crippen LogP contribution in [0.1, 0.15) is 31.3 Å². The van der Waals surface area contributed by atoms with Crippen molar-refractivity contribution >= 4 is 28.5 Å². The highest BCUT2D eigenvalue weighted by atomic mass is 19.1. The fourth-order valence-electron chi connectivity index (χ4n) is 3.78. The molecule has 0 unspecified atom stereocenters. The molecule has 1 aromatic carbocycles. The van der Waals surface area contributed by atoms with E-state index < -0.39 is 11.8 Å². The van der Waals surface area contributed by atoms with E-state index in [0.29, 0.717) is 10.9 Å². The quantitative estimate of drug-likeness (QED) is 0.506. The SMILES string of the molecule is CCOC(=O)c1[nH]c2ccc(F)cc2c1NC(=O)[C@@H](C)[NH+]1CC[NH+](CC)CC1. The highest BCUT2D eigenvalue weighted by Gasteiger charge is 2.32. The molecule has 8 heteroatoms. The Hall–Kier alpha value is -2.45. The summed E-state index contributed by atoms with van der Waals surface area (Å²) in [6.45, 7) is 11.0. The Kier molecular flexibility index (Phi) is 6.31. The lowest BCUT2D eigenvalue weighted by molar-refractivity contribution is -1.02. The number of likely N-dealkylation sites (N-methyl/N-ethyl adjacent to an activating group) is 1. The maximum atomic E-state index is 13.8. The summed E-state index contributed by atoms with van der Waals surface area (Å²) in [4.78, 5) is 31.0. The summed E-state index contributed by atoms with van der Waals surface area (Å²) in [5, 5.41) is 3.31. The van der Waals surface area contributed by atoms with E-state index in [0.717, 1.165) is 32.7 Å². The Morgan fingerprint density at radius 1 is 1.25 bits per heavy atom. The number of benzene rings is 1. The summed E-state index contributed by atoms with van der Waals surface area (Å²) in [7, 11) is 0. The van der Waals surface area contributed by atoms with Crippen LogP contribution in [0.3, 0.4) is 0 Å². The van der Waals surface area contributed by atoms with Gasteiger partial charge >= 0.3 is 5.97 Å². The van der Waals surface area contributed by atoms with Gasteiger partial charge in [-0.3, -0.25) is 4.79 Å². The summed E-state index contributed by atoms with van der Waals surface area (Å²) in [5.74, 6) is -1.20. The number of fused-ring (bicyclic) bond motifs is 1. The van der Waals surface area contributed by atoms with E-state index in [1.165, 1.54) is 17.0 Å². The number of quaternary nitrogens is 2. The molecule has 7 nitrogen and oxygen atoms in total. The highest BCUT2D eigenvalue weighted by Crippen LogP contribution is 2.29. The van der Waals surface area contributed by atoms with Crippen molar-refractivity contribution in [2.75, 3.05) is 44.6 Å². The topological polar surface area (TPSA) is 80.1 Å². The van der Waals surface area contributed by atoms with Gasteiger partial charge in [0.2, 0.25) is 0 Å². The number of rotatable bonds is 6. The molecule has 1 aliphatic heterocycles. The van der Waals surface area contributed by atoms with Crippen molar-refractivity contribution < 1.29 is 28.5 Å². The zero-order valence-electron chi connectivity index (χ0n) is 16.7. The van der Waals surface area contributed by atoms with Gasteiger partial charge in [0.1, 0.15) is 37.7 Å². The van der Waals surface area contributed by atoms with Gasteiger partial charge in [-0.2, -0.15) is 0 Å². The minimum atomic E-state index is -0.574. The number of H-pyrrole nitrogens is 1. The van der Waals surface area contributed by atoms with E-state index in [1.807, 2.05) is 6.92 Å². The molecule has 0 radical (unpaired) electrons. The van der Waals surface area contributed by atoms with Crippen LogP contribution in [0.25, 0.3) is 10.9 Å². The first-order chi connectivity index (χ1) is 13.4.